The van der Waals surface area contributed by atoms with Crippen LogP contribution in [0.1, 0.15) is 22.6 Å². The number of nitrogens with one attached hydrogen (secondary N) is 2. The first kappa shape index (κ1) is 20.3. The zero-order valence-corrected chi connectivity index (χ0v) is 17.1. The molecular formula is C17H24ClN3O2S2. The van der Waals surface area contributed by atoms with Crippen LogP contribution in [0.25, 0.3) is 10.6 Å². The number of nitrogens with zero attached hydrogens (tertiary/aromatic N) is 1. The lowest BCUT2D eigenvalue weighted by Crippen LogP contribution is -2.39. The van der Waals surface area contributed by atoms with Crippen LogP contribution in [0.5, 0.6) is 0 Å². The highest BCUT2D eigenvalue weighted by atomic mass is 35.5. The maximum Gasteiger partial charge on any atom is 0.233 e. The molecule has 2 N–H and O–H groups in total. The number of amides is 1. The fourth-order valence-corrected chi connectivity index (χ4v) is 4.83. The van der Waals surface area contributed by atoms with Crippen LogP contribution in [0.4, 0.5) is 5.13 Å². The molecule has 25 heavy (non-hydrogen) atoms. The normalized spacial score (nSPS) is 19.6. The van der Waals surface area contributed by atoms with Gasteiger partial charge in [-0.2, -0.15) is 0 Å². The van der Waals surface area contributed by atoms with E-state index >= 15 is 0 Å². The largest absolute Gasteiger partial charge is 0.385 e. The number of hydrogen-bond acceptors (Lipinski definition) is 6. The molecular weight excluding hydrogens is 378 g/mol. The molecule has 3 heterocycles. The van der Waals surface area contributed by atoms with E-state index in [1.165, 1.54) is 4.88 Å². The summed E-state index contributed by atoms with van der Waals surface area (Å²) in [6.45, 7) is 6.30. The molecule has 138 valence electrons. The van der Waals surface area contributed by atoms with Gasteiger partial charge < -0.3 is 15.4 Å². The Bertz CT molecular complexity index is 723. The van der Waals surface area contributed by atoms with Gasteiger partial charge in [0.05, 0.1) is 16.0 Å². The fraction of sp³-hybridized carbons (Fsp3) is 0.529. The molecule has 8 heteroatoms. The fourth-order valence-electron chi connectivity index (χ4n) is 3.03. The number of aryl methyl sites for hydroxylation is 2. The molecule has 1 aliphatic heterocycles. The minimum atomic E-state index is -0.394. The number of methoxy groups -OCH3 is 1. The highest BCUT2D eigenvalue weighted by Gasteiger charge is 2.41. The molecule has 0 spiro atoms. The minimum absolute atomic E-state index is 0. The summed E-state index contributed by atoms with van der Waals surface area (Å²) in [4.78, 5) is 21.1. The van der Waals surface area contributed by atoms with Crippen molar-refractivity contribution in [2.75, 3.05) is 32.1 Å². The number of halogens is 1. The van der Waals surface area contributed by atoms with Crippen molar-refractivity contribution >= 4 is 46.1 Å². The van der Waals surface area contributed by atoms with Crippen molar-refractivity contribution in [1.82, 2.24) is 10.3 Å². The number of ether oxygens (including phenoxy) is 1. The van der Waals surface area contributed by atoms with Crippen molar-refractivity contribution in [2.24, 2.45) is 5.41 Å². The number of anilines is 1. The van der Waals surface area contributed by atoms with E-state index in [0.29, 0.717) is 18.3 Å². The third-order valence-electron chi connectivity index (χ3n) is 4.50. The highest BCUT2D eigenvalue weighted by Crippen LogP contribution is 2.36. The third-order valence-corrected chi connectivity index (χ3v) is 6.39. The Kier molecular flexibility index (Phi) is 6.99. The van der Waals surface area contributed by atoms with Gasteiger partial charge in [-0.05, 0) is 45.4 Å². The number of hydrogen-bond donors (Lipinski definition) is 2. The van der Waals surface area contributed by atoms with Crippen molar-refractivity contribution < 1.29 is 9.53 Å². The van der Waals surface area contributed by atoms with Gasteiger partial charge in [0.25, 0.3) is 0 Å². The molecule has 1 amide bonds. The summed E-state index contributed by atoms with van der Waals surface area (Å²) in [5, 5.41) is 7.03. The van der Waals surface area contributed by atoms with Crippen LogP contribution in [0, 0.1) is 19.3 Å². The SMILES string of the molecule is COCCC1(C(=O)Nc2nc(-c3ccc(C)s3)c(C)s2)CCNC1.Cl. The molecule has 5 nitrogen and oxygen atoms in total. The maximum absolute atomic E-state index is 12.9. The average Bonchev–Trinajstić information content (AvgIpc) is 3.26. The second kappa shape index (κ2) is 8.60. The van der Waals surface area contributed by atoms with Crippen LogP contribution >= 0.6 is 35.1 Å². The number of thiazole rings is 1. The summed E-state index contributed by atoms with van der Waals surface area (Å²) < 4.78 is 5.19. The van der Waals surface area contributed by atoms with E-state index in [1.807, 2.05) is 0 Å². The second-order valence-corrected chi connectivity index (χ2v) is 8.73. The lowest BCUT2D eigenvalue weighted by molar-refractivity contribution is -0.125. The Morgan fingerprint density at radius 2 is 2.20 bits per heavy atom. The molecule has 0 aromatic carbocycles. The van der Waals surface area contributed by atoms with Crippen LogP contribution in [0.15, 0.2) is 12.1 Å². The predicted octanol–water partition coefficient (Wildman–Crippen LogP) is 3.86. The number of rotatable bonds is 6. The van der Waals surface area contributed by atoms with E-state index in [2.05, 4.69) is 41.6 Å². The van der Waals surface area contributed by atoms with Crippen molar-refractivity contribution in [3.05, 3.63) is 21.9 Å². The van der Waals surface area contributed by atoms with Gasteiger partial charge in [-0.25, -0.2) is 4.98 Å². The van der Waals surface area contributed by atoms with Gasteiger partial charge in [0.15, 0.2) is 5.13 Å². The van der Waals surface area contributed by atoms with Crippen LogP contribution in [0.3, 0.4) is 0 Å². The van der Waals surface area contributed by atoms with E-state index < -0.39 is 5.41 Å². The molecule has 1 atom stereocenters. The predicted molar refractivity (Wildman–Crippen MR) is 107 cm³/mol. The summed E-state index contributed by atoms with van der Waals surface area (Å²) in [7, 11) is 1.67. The molecule has 0 bridgehead atoms. The quantitative estimate of drug-likeness (QED) is 0.771. The second-order valence-electron chi connectivity index (χ2n) is 6.24. The third kappa shape index (κ3) is 4.41. The maximum atomic E-state index is 12.9. The molecule has 2 aromatic heterocycles. The molecule has 3 rings (SSSR count). The van der Waals surface area contributed by atoms with Crippen LogP contribution in [-0.4, -0.2) is 37.7 Å². The van der Waals surface area contributed by atoms with Crippen LogP contribution in [0.2, 0.25) is 0 Å². The standard InChI is InChI=1S/C17H23N3O2S2.ClH/c1-11-4-5-13(23-11)14-12(2)24-16(19-14)20-15(21)17(7-9-22-3)6-8-18-10-17;/h4-5,18H,6-10H2,1-3H3,(H,19,20,21);1H. The number of carbonyl (C=O) groups excluding carboxylic acids is 1. The first-order chi connectivity index (χ1) is 11.5. The molecule has 0 aliphatic carbocycles. The number of aromatic nitrogens is 1. The van der Waals surface area contributed by atoms with Crippen molar-refractivity contribution in [3.8, 4) is 10.6 Å². The highest BCUT2D eigenvalue weighted by molar-refractivity contribution is 7.18. The lowest BCUT2D eigenvalue weighted by atomic mass is 9.83. The van der Waals surface area contributed by atoms with Crippen molar-refractivity contribution in [2.45, 2.75) is 26.7 Å². The Balaban J connectivity index is 0.00000225. The lowest BCUT2D eigenvalue weighted by Gasteiger charge is -2.25. The van der Waals surface area contributed by atoms with Crippen LogP contribution < -0.4 is 10.6 Å². The van der Waals surface area contributed by atoms with Gasteiger partial charge in [-0.3, -0.25) is 4.79 Å². The zero-order valence-electron chi connectivity index (χ0n) is 14.7. The molecule has 2 aromatic rings. The average molecular weight is 402 g/mol. The van der Waals surface area contributed by atoms with Gasteiger partial charge >= 0.3 is 0 Å². The van der Waals surface area contributed by atoms with Crippen molar-refractivity contribution in [3.63, 3.8) is 0 Å². The Morgan fingerprint density at radius 3 is 2.80 bits per heavy atom. The van der Waals surface area contributed by atoms with Gasteiger partial charge in [-0.1, -0.05) is 0 Å². The molecule has 1 unspecified atom stereocenters. The van der Waals surface area contributed by atoms with E-state index in [-0.39, 0.29) is 18.3 Å². The Labute approximate surface area is 162 Å². The van der Waals surface area contributed by atoms with E-state index in [1.54, 1.807) is 29.8 Å². The Morgan fingerprint density at radius 1 is 1.40 bits per heavy atom. The Hall–Kier alpha value is -0.990. The van der Waals surface area contributed by atoms with Crippen LogP contribution in [-0.2, 0) is 9.53 Å². The van der Waals surface area contributed by atoms with Gasteiger partial charge in [0, 0.05) is 30.0 Å². The summed E-state index contributed by atoms with van der Waals surface area (Å²) in [6, 6.07) is 4.19. The monoisotopic (exact) mass is 401 g/mol. The summed E-state index contributed by atoms with van der Waals surface area (Å²) in [6.07, 6.45) is 1.56. The van der Waals surface area contributed by atoms with Crippen molar-refractivity contribution in [1.29, 1.82) is 0 Å². The molecule has 1 fully saturated rings. The summed E-state index contributed by atoms with van der Waals surface area (Å²) in [5.41, 5.74) is 0.582. The number of thiophene rings is 1. The smallest absolute Gasteiger partial charge is 0.233 e. The summed E-state index contributed by atoms with van der Waals surface area (Å²) in [5.74, 6) is 0.0483. The first-order valence-electron chi connectivity index (χ1n) is 8.09. The van der Waals surface area contributed by atoms with E-state index in [4.69, 9.17) is 4.74 Å². The number of carbonyl (C=O) groups is 1. The van der Waals surface area contributed by atoms with Gasteiger partial charge in [-0.15, -0.1) is 35.1 Å². The van der Waals surface area contributed by atoms with Gasteiger partial charge in [0.2, 0.25) is 5.91 Å². The first-order valence-corrected chi connectivity index (χ1v) is 9.73. The minimum Gasteiger partial charge on any atom is -0.385 e. The zero-order chi connectivity index (χ0) is 17.2. The van der Waals surface area contributed by atoms with E-state index in [0.717, 1.165) is 34.8 Å². The molecule has 1 aliphatic rings. The molecule has 0 radical (unpaired) electrons. The van der Waals surface area contributed by atoms with E-state index in [9.17, 15) is 4.79 Å². The van der Waals surface area contributed by atoms with Gasteiger partial charge in [0.1, 0.15) is 0 Å². The summed E-state index contributed by atoms with van der Waals surface area (Å²) >= 11 is 3.27. The topological polar surface area (TPSA) is 63.2 Å². The molecule has 1 saturated heterocycles. The molecule has 0 saturated carbocycles.